The molecular weight excluding hydrogens is 330 g/mol. The predicted molar refractivity (Wildman–Crippen MR) is 103 cm³/mol. The van der Waals surface area contributed by atoms with Gasteiger partial charge in [0.15, 0.2) is 0 Å². The third kappa shape index (κ3) is 3.31. The van der Waals surface area contributed by atoms with Crippen molar-refractivity contribution in [1.82, 2.24) is 9.13 Å². The number of carbonyl (C=O) groups excluding carboxylic acids is 1. The molecule has 1 N–H and O–H groups in total. The van der Waals surface area contributed by atoms with Crippen LogP contribution in [0.2, 0.25) is 0 Å². The van der Waals surface area contributed by atoms with E-state index in [4.69, 9.17) is 0 Å². The van der Waals surface area contributed by atoms with Crippen LogP contribution in [0.1, 0.15) is 25.3 Å². The third-order valence-corrected chi connectivity index (χ3v) is 4.39. The maximum absolute atomic E-state index is 12.5. The van der Waals surface area contributed by atoms with E-state index in [1.54, 1.807) is 24.3 Å². The van der Waals surface area contributed by atoms with Crippen molar-refractivity contribution in [3.63, 3.8) is 0 Å². The lowest BCUT2D eigenvalue weighted by Gasteiger charge is -2.13. The summed E-state index contributed by atoms with van der Waals surface area (Å²) < 4.78 is 2.34. The molecule has 3 aromatic rings. The van der Waals surface area contributed by atoms with Crippen molar-refractivity contribution in [1.29, 1.82) is 0 Å². The van der Waals surface area contributed by atoms with E-state index < -0.39 is 5.69 Å². The molecule has 0 atom stereocenters. The summed E-state index contributed by atoms with van der Waals surface area (Å²) in [7, 11) is 1.41. The Morgan fingerprint density at radius 2 is 1.81 bits per heavy atom. The maximum Gasteiger partial charge on any atom is 0.331 e. The molecule has 0 saturated heterocycles. The Labute approximate surface area is 150 Å². The van der Waals surface area contributed by atoms with Crippen molar-refractivity contribution in [2.75, 3.05) is 5.32 Å². The van der Waals surface area contributed by atoms with Crippen molar-refractivity contribution in [3.05, 3.63) is 74.9 Å². The van der Waals surface area contributed by atoms with Crippen LogP contribution in [-0.4, -0.2) is 15.0 Å². The number of rotatable bonds is 4. The molecule has 2 aromatic carbocycles. The molecule has 0 aliphatic carbocycles. The lowest BCUT2D eigenvalue weighted by atomic mass is 10.0. The molecule has 0 spiro atoms. The third-order valence-electron chi connectivity index (χ3n) is 4.39. The van der Waals surface area contributed by atoms with Crippen molar-refractivity contribution < 1.29 is 4.79 Å². The first-order chi connectivity index (χ1) is 12.4. The predicted octanol–water partition coefficient (Wildman–Crippen LogP) is 2.46. The Kier molecular flexibility index (Phi) is 4.75. The van der Waals surface area contributed by atoms with Gasteiger partial charge in [0.05, 0.1) is 10.9 Å². The van der Waals surface area contributed by atoms with E-state index in [2.05, 4.69) is 19.2 Å². The van der Waals surface area contributed by atoms with E-state index in [0.717, 1.165) is 10.1 Å². The maximum atomic E-state index is 12.5. The quantitative estimate of drug-likeness (QED) is 0.785. The molecule has 1 amide bonds. The van der Waals surface area contributed by atoms with Crippen LogP contribution in [0.15, 0.2) is 58.1 Å². The van der Waals surface area contributed by atoms with Gasteiger partial charge in [0.25, 0.3) is 5.56 Å². The number of aromatic nitrogens is 2. The van der Waals surface area contributed by atoms with E-state index in [9.17, 15) is 14.4 Å². The average Bonchev–Trinajstić information content (AvgIpc) is 2.63. The SMILES string of the molecule is CC(C)c1cccc(NC(=O)Cn2c(=O)n(C)c(=O)c3ccccc32)c1. The molecule has 0 bridgehead atoms. The Bertz CT molecular complexity index is 1090. The molecule has 1 heterocycles. The zero-order valence-corrected chi connectivity index (χ0v) is 15.0. The smallest absolute Gasteiger partial charge is 0.325 e. The van der Waals surface area contributed by atoms with Gasteiger partial charge >= 0.3 is 5.69 Å². The summed E-state index contributed by atoms with van der Waals surface area (Å²) in [6.45, 7) is 3.99. The number of anilines is 1. The minimum absolute atomic E-state index is 0.167. The van der Waals surface area contributed by atoms with Crippen LogP contribution in [0.3, 0.4) is 0 Å². The van der Waals surface area contributed by atoms with Crippen molar-refractivity contribution in [2.24, 2.45) is 7.05 Å². The first kappa shape index (κ1) is 17.7. The van der Waals surface area contributed by atoms with Crippen LogP contribution in [0.4, 0.5) is 5.69 Å². The van der Waals surface area contributed by atoms with Crippen LogP contribution in [0.5, 0.6) is 0 Å². The molecule has 134 valence electrons. The lowest BCUT2D eigenvalue weighted by Crippen LogP contribution is -2.40. The number of nitrogens with one attached hydrogen (secondary N) is 1. The van der Waals surface area contributed by atoms with E-state index in [1.807, 2.05) is 24.3 Å². The first-order valence-corrected chi connectivity index (χ1v) is 8.47. The molecule has 0 saturated carbocycles. The highest BCUT2D eigenvalue weighted by Gasteiger charge is 2.13. The van der Waals surface area contributed by atoms with Crippen LogP contribution >= 0.6 is 0 Å². The molecule has 6 nitrogen and oxygen atoms in total. The fourth-order valence-corrected chi connectivity index (χ4v) is 2.91. The summed E-state index contributed by atoms with van der Waals surface area (Å²) in [6, 6.07) is 14.4. The second kappa shape index (κ2) is 7.00. The van der Waals surface area contributed by atoms with Crippen molar-refractivity contribution >= 4 is 22.5 Å². The van der Waals surface area contributed by atoms with Gasteiger partial charge in [0.1, 0.15) is 6.54 Å². The average molecular weight is 351 g/mol. The normalized spacial score (nSPS) is 11.1. The Morgan fingerprint density at radius 3 is 2.54 bits per heavy atom. The minimum Gasteiger partial charge on any atom is -0.325 e. The highest BCUT2D eigenvalue weighted by Crippen LogP contribution is 2.18. The summed E-state index contributed by atoms with van der Waals surface area (Å²) in [6.07, 6.45) is 0. The lowest BCUT2D eigenvalue weighted by molar-refractivity contribution is -0.116. The van der Waals surface area contributed by atoms with Crippen LogP contribution in [-0.2, 0) is 18.4 Å². The van der Waals surface area contributed by atoms with Gasteiger partial charge in [-0.05, 0) is 35.7 Å². The number of nitrogens with zero attached hydrogens (tertiary/aromatic N) is 2. The van der Waals surface area contributed by atoms with E-state index in [1.165, 1.54) is 11.6 Å². The van der Waals surface area contributed by atoms with Gasteiger partial charge in [-0.1, -0.05) is 38.1 Å². The summed E-state index contributed by atoms with van der Waals surface area (Å²) in [4.78, 5) is 37.2. The van der Waals surface area contributed by atoms with Gasteiger partial charge in [-0.3, -0.25) is 18.7 Å². The molecule has 26 heavy (non-hydrogen) atoms. The number of fused-ring (bicyclic) bond motifs is 1. The van der Waals surface area contributed by atoms with Crippen molar-refractivity contribution in [2.45, 2.75) is 26.3 Å². The zero-order chi connectivity index (χ0) is 18.8. The van der Waals surface area contributed by atoms with Gasteiger partial charge in [0.2, 0.25) is 5.91 Å². The Morgan fingerprint density at radius 1 is 1.08 bits per heavy atom. The molecule has 1 aromatic heterocycles. The van der Waals surface area contributed by atoms with Gasteiger partial charge in [0, 0.05) is 12.7 Å². The summed E-state index contributed by atoms with van der Waals surface area (Å²) in [5.41, 5.74) is 1.37. The second-order valence-electron chi connectivity index (χ2n) is 6.58. The van der Waals surface area contributed by atoms with Gasteiger partial charge < -0.3 is 5.32 Å². The zero-order valence-electron chi connectivity index (χ0n) is 15.0. The van der Waals surface area contributed by atoms with E-state index in [0.29, 0.717) is 22.5 Å². The van der Waals surface area contributed by atoms with Gasteiger partial charge in [-0.2, -0.15) is 0 Å². The monoisotopic (exact) mass is 351 g/mol. The van der Waals surface area contributed by atoms with Crippen LogP contribution < -0.4 is 16.6 Å². The second-order valence-corrected chi connectivity index (χ2v) is 6.58. The molecule has 0 fully saturated rings. The Hall–Kier alpha value is -3.15. The van der Waals surface area contributed by atoms with E-state index in [-0.39, 0.29) is 18.0 Å². The van der Waals surface area contributed by atoms with Crippen LogP contribution in [0, 0.1) is 0 Å². The number of amides is 1. The standard InChI is InChI=1S/C20H21N3O3/c1-13(2)14-7-6-8-15(11-14)21-18(24)12-23-17-10-5-4-9-16(17)19(25)22(3)20(23)26/h4-11,13H,12H2,1-3H3,(H,21,24). The fourth-order valence-electron chi connectivity index (χ4n) is 2.91. The summed E-state index contributed by atoms with van der Waals surface area (Å²) in [5.74, 6) is 0.0267. The molecule has 0 radical (unpaired) electrons. The first-order valence-electron chi connectivity index (χ1n) is 8.47. The number of carbonyl (C=O) groups is 1. The minimum atomic E-state index is -0.514. The van der Waals surface area contributed by atoms with Crippen molar-refractivity contribution in [3.8, 4) is 0 Å². The summed E-state index contributed by atoms with van der Waals surface area (Å²) in [5, 5.41) is 3.23. The largest absolute Gasteiger partial charge is 0.331 e. The molecule has 3 rings (SSSR count). The molecule has 0 aliphatic heterocycles. The number of hydrogen-bond acceptors (Lipinski definition) is 3. The summed E-state index contributed by atoms with van der Waals surface area (Å²) >= 11 is 0. The number of para-hydroxylation sites is 1. The fraction of sp³-hybridized carbons (Fsp3) is 0.250. The number of hydrogen-bond donors (Lipinski definition) is 1. The molecule has 0 unspecified atom stereocenters. The highest BCUT2D eigenvalue weighted by molar-refractivity contribution is 5.91. The molecule has 6 heteroatoms. The topological polar surface area (TPSA) is 73.1 Å². The van der Waals surface area contributed by atoms with Gasteiger partial charge in [-0.15, -0.1) is 0 Å². The number of benzene rings is 2. The van der Waals surface area contributed by atoms with E-state index >= 15 is 0 Å². The Balaban J connectivity index is 1.94. The van der Waals surface area contributed by atoms with Gasteiger partial charge in [-0.25, -0.2) is 4.79 Å². The highest BCUT2D eigenvalue weighted by atomic mass is 16.2. The molecular formula is C20H21N3O3. The molecule has 0 aliphatic rings. The van der Waals surface area contributed by atoms with Crippen LogP contribution in [0.25, 0.3) is 10.9 Å².